The Balaban J connectivity index is 2.16. The molecule has 3 atom stereocenters. The maximum atomic E-state index is 12.3. The molecule has 2 saturated heterocycles. The van der Waals surface area contributed by atoms with E-state index in [-0.39, 0.29) is 30.4 Å². The number of fused-ring (bicyclic) bond motifs is 1. The molecule has 0 bridgehead atoms. The number of hydrogen-bond donors (Lipinski definition) is 1. The molecule has 5 heteroatoms. The fourth-order valence-electron chi connectivity index (χ4n) is 2.60. The van der Waals surface area contributed by atoms with E-state index in [1.807, 2.05) is 0 Å². The van der Waals surface area contributed by atoms with Crippen LogP contribution in [-0.4, -0.2) is 58.0 Å². The van der Waals surface area contributed by atoms with E-state index in [0.29, 0.717) is 6.54 Å². The summed E-state index contributed by atoms with van der Waals surface area (Å²) in [6.07, 6.45) is 2.13. The zero-order valence-corrected chi connectivity index (χ0v) is 10.4. The molecule has 96 valence electrons. The van der Waals surface area contributed by atoms with Crippen LogP contribution in [-0.2, 0) is 9.59 Å². The minimum Gasteiger partial charge on any atom is -0.391 e. The summed E-state index contributed by atoms with van der Waals surface area (Å²) in [6, 6.07) is -0.582. The van der Waals surface area contributed by atoms with E-state index < -0.39 is 6.10 Å². The Morgan fingerprint density at radius 1 is 1.29 bits per heavy atom. The van der Waals surface area contributed by atoms with Crippen LogP contribution in [0.1, 0.15) is 33.1 Å². The van der Waals surface area contributed by atoms with Gasteiger partial charge in [0.05, 0.1) is 12.1 Å². The Bertz CT molecular complexity index is 330. The number of piperidine rings is 1. The highest BCUT2D eigenvalue weighted by Crippen LogP contribution is 2.24. The molecule has 2 fully saturated rings. The molecule has 0 aromatic carbocycles. The van der Waals surface area contributed by atoms with Gasteiger partial charge in [-0.25, -0.2) is 0 Å². The van der Waals surface area contributed by atoms with Gasteiger partial charge in [-0.1, -0.05) is 0 Å². The van der Waals surface area contributed by atoms with Gasteiger partial charge in [0.2, 0.25) is 11.8 Å². The molecule has 0 saturated carbocycles. The van der Waals surface area contributed by atoms with Crippen molar-refractivity contribution < 1.29 is 14.7 Å². The summed E-state index contributed by atoms with van der Waals surface area (Å²) in [6.45, 7) is 4.25. The lowest BCUT2D eigenvalue weighted by Crippen LogP contribution is -2.64. The van der Waals surface area contributed by atoms with Crippen LogP contribution in [0, 0.1) is 0 Å². The van der Waals surface area contributed by atoms with Gasteiger partial charge in [-0.05, 0) is 33.1 Å². The first-order chi connectivity index (χ1) is 8.02. The molecule has 2 heterocycles. The number of amides is 2. The normalized spacial score (nSPS) is 29.0. The second-order valence-corrected chi connectivity index (χ2v) is 5.05. The first-order valence-electron chi connectivity index (χ1n) is 6.30. The van der Waals surface area contributed by atoms with Crippen molar-refractivity contribution in [3.63, 3.8) is 0 Å². The first-order valence-corrected chi connectivity index (χ1v) is 6.30. The monoisotopic (exact) mass is 240 g/mol. The Morgan fingerprint density at radius 3 is 2.65 bits per heavy atom. The van der Waals surface area contributed by atoms with Gasteiger partial charge in [0, 0.05) is 6.54 Å². The van der Waals surface area contributed by atoms with Crippen LogP contribution in [0.4, 0.5) is 0 Å². The van der Waals surface area contributed by atoms with Gasteiger partial charge >= 0.3 is 0 Å². The summed E-state index contributed by atoms with van der Waals surface area (Å²) in [7, 11) is 0. The number of hydrogen-bond acceptors (Lipinski definition) is 3. The average molecular weight is 240 g/mol. The zero-order chi connectivity index (χ0) is 12.6. The Morgan fingerprint density at radius 2 is 2.00 bits per heavy atom. The SMILES string of the molecule is CC(O)C(C)N1CC(=O)N2CCCCC2C1=O. The quantitative estimate of drug-likeness (QED) is 0.738. The van der Waals surface area contributed by atoms with Gasteiger partial charge in [-0.15, -0.1) is 0 Å². The molecule has 3 unspecified atom stereocenters. The number of aliphatic hydroxyl groups is 1. The number of nitrogens with zero attached hydrogens (tertiary/aromatic N) is 2. The van der Waals surface area contributed by atoms with Gasteiger partial charge in [0.15, 0.2) is 0 Å². The second-order valence-electron chi connectivity index (χ2n) is 5.05. The van der Waals surface area contributed by atoms with Gasteiger partial charge in [0.1, 0.15) is 12.6 Å². The Kier molecular flexibility index (Phi) is 3.38. The number of rotatable bonds is 2. The lowest BCUT2D eigenvalue weighted by Gasteiger charge is -2.45. The lowest BCUT2D eigenvalue weighted by atomic mass is 9.97. The van der Waals surface area contributed by atoms with Crippen LogP contribution in [0.5, 0.6) is 0 Å². The van der Waals surface area contributed by atoms with E-state index in [1.165, 1.54) is 4.90 Å². The van der Waals surface area contributed by atoms with Gasteiger partial charge in [-0.2, -0.15) is 0 Å². The van der Waals surface area contributed by atoms with Crippen molar-refractivity contribution >= 4 is 11.8 Å². The van der Waals surface area contributed by atoms with E-state index in [1.54, 1.807) is 18.7 Å². The maximum absolute atomic E-state index is 12.3. The highest BCUT2D eigenvalue weighted by Gasteiger charge is 2.42. The molecule has 2 aliphatic rings. The van der Waals surface area contributed by atoms with Crippen molar-refractivity contribution in [3.8, 4) is 0 Å². The van der Waals surface area contributed by atoms with Gasteiger partial charge in [0.25, 0.3) is 0 Å². The molecule has 2 rings (SSSR count). The van der Waals surface area contributed by atoms with Crippen LogP contribution in [0.25, 0.3) is 0 Å². The fraction of sp³-hybridized carbons (Fsp3) is 0.833. The average Bonchev–Trinajstić information content (AvgIpc) is 2.33. The lowest BCUT2D eigenvalue weighted by molar-refractivity contribution is -0.161. The van der Waals surface area contributed by atoms with Crippen molar-refractivity contribution in [1.29, 1.82) is 0 Å². The molecule has 0 spiro atoms. The Labute approximate surface area is 101 Å². The number of carbonyl (C=O) groups excluding carboxylic acids is 2. The van der Waals surface area contributed by atoms with E-state index in [4.69, 9.17) is 0 Å². The maximum Gasteiger partial charge on any atom is 0.246 e. The molecule has 0 radical (unpaired) electrons. The van der Waals surface area contributed by atoms with Crippen molar-refractivity contribution in [2.24, 2.45) is 0 Å². The summed E-state index contributed by atoms with van der Waals surface area (Å²) in [5.41, 5.74) is 0. The standard InChI is InChI=1S/C12H20N2O3/c1-8(9(2)15)14-7-11(16)13-6-4-3-5-10(13)12(14)17/h8-10,15H,3-7H2,1-2H3. The third-order valence-electron chi connectivity index (χ3n) is 3.89. The fourth-order valence-corrected chi connectivity index (χ4v) is 2.60. The minimum absolute atomic E-state index is 0.00213. The summed E-state index contributed by atoms with van der Waals surface area (Å²) >= 11 is 0. The number of aliphatic hydroxyl groups excluding tert-OH is 1. The number of piperazine rings is 1. The molecule has 17 heavy (non-hydrogen) atoms. The van der Waals surface area contributed by atoms with E-state index >= 15 is 0 Å². The summed E-state index contributed by atoms with van der Waals surface area (Å²) in [4.78, 5) is 27.5. The van der Waals surface area contributed by atoms with Crippen molar-refractivity contribution in [2.45, 2.75) is 51.3 Å². The summed E-state index contributed by atoms with van der Waals surface area (Å²) in [5, 5.41) is 9.55. The molecule has 2 aliphatic heterocycles. The van der Waals surface area contributed by atoms with Gasteiger partial charge < -0.3 is 14.9 Å². The van der Waals surface area contributed by atoms with Crippen LogP contribution < -0.4 is 0 Å². The van der Waals surface area contributed by atoms with Crippen LogP contribution in [0.15, 0.2) is 0 Å². The highest BCUT2D eigenvalue weighted by atomic mass is 16.3. The molecular weight excluding hydrogens is 220 g/mol. The van der Waals surface area contributed by atoms with Crippen LogP contribution in [0.2, 0.25) is 0 Å². The predicted molar refractivity (Wildman–Crippen MR) is 62.2 cm³/mol. The summed E-state index contributed by atoms with van der Waals surface area (Å²) < 4.78 is 0. The largest absolute Gasteiger partial charge is 0.391 e. The van der Waals surface area contributed by atoms with E-state index in [0.717, 1.165) is 19.3 Å². The second kappa shape index (κ2) is 4.64. The van der Waals surface area contributed by atoms with E-state index in [9.17, 15) is 14.7 Å². The Hall–Kier alpha value is -1.10. The molecule has 2 amide bonds. The molecule has 0 aliphatic carbocycles. The molecular formula is C12H20N2O3. The predicted octanol–water partition coefficient (Wildman–Crippen LogP) is -0.0210. The topological polar surface area (TPSA) is 60.9 Å². The molecule has 0 aromatic rings. The molecule has 5 nitrogen and oxygen atoms in total. The zero-order valence-electron chi connectivity index (χ0n) is 10.4. The molecule has 1 N–H and O–H groups in total. The van der Waals surface area contributed by atoms with E-state index in [2.05, 4.69) is 0 Å². The third-order valence-corrected chi connectivity index (χ3v) is 3.89. The van der Waals surface area contributed by atoms with Crippen molar-refractivity contribution in [1.82, 2.24) is 9.80 Å². The van der Waals surface area contributed by atoms with Crippen molar-refractivity contribution in [2.75, 3.05) is 13.1 Å². The first kappa shape index (κ1) is 12.4. The molecule has 0 aromatic heterocycles. The van der Waals surface area contributed by atoms with Gasteiger partial charge in [-0.3, -0.25) is 9.59 Å². The third kappa shape index (κ3) is 2.16. The smallest absolute Gasteiger partial charge is 0.246 e. The van der Waals surface area contributed by atoms with Crippen LogP contribution in [0.3, 0.4) is 0 Å². The van der Waals surface area contributed by atoms with Crippen molar-refractivity contribution in [3.05, 3.63) is 0 Å². The highest BCUT2D eigenvalue weighted by molar-refractivity contribution is 5.95. The summed E-state index contributed by atoms with van der Waals surface area (Å²) in [5.74, 6) is 0.0134. The minimum atomic E-state index is -0.609. The van der Waals surface area contributed by atoms with Crippen LogP contribution >= 0.6 is 0 Å². The number of carbonyl (C=O) groups is 2.